The van der Waals surface area contributed by atoms with Crippen LogP contribution in [0.5, 0.6) is 0 Å². The second-order valence-corrected chi connectivity index (χ2v) is 9.12. The Kier molecular flexibility index (Phi) is 5.78. The van der Waals surface area contributed by atoms with Gasteiger partial charge < -0.3 is 9.80 Å². The van der Waals surface area contributed by atoms with Crippen molar-refractivity contribution in [2.75, 3.05) is 31.1 Å². The van der Waals surface area contributed by atoms with Crippen LogP contribution in [0.3, 0.4) is 0 Å². The number of aryl methyl sites for hydroxylation is 3. The van der Waals surface area contributed by atoms with Crippen molar-refractivity contribution < 1.29 is 9.18 Å². The highest BCUT2D eigenvalue weighted by Gasteiger charge is 2.25. The van der Waals surface area contributed by atoms with Gasteiger partial charge in [0, 0.05) is 37.1 Å². The van der Waals surface area contributed by atoms with Gasteiger partial charge in [-0.05, 0) is 62.7 Å². The first-order chi connectivity index (χ1) is 16.4. The lowest BCUT2D eigenvalue weighted by atomic mass is 9.98. The molecule has 1 aliphatic rings. The Morgan fingerprint density at radius 3 is 2.32 bits per heavy atom. The third-order valence-corrected chi connectivity index (χ3v) is 6.62. The van der Waals surface area contributed by atoms with E-state index < -0.39 is 0 Å². The minimum atomic E-state index is -0.226. The van der Waals surface area contributed by atoms with Crippen molar-refractivity contribution in [2.24, 2.45) is 0 Å². The minimum absolute atomic E-state index is 0.00209. The largest absolute Gasteiger partial charge is 0.366 e. The van der Waals surface area contributed by atoms with Crippen molar-refractivity contribution >= 4 is 22.5 Å². The van der Waals surface area contributed by atoms with Crippen LogP contribution in [0.25, 0.3) is 22.2 Å². The number of benzene rings is 3. The van der Waals surface area contributed by atoms with Crippen LogP contribution < -0.4 is 4.90 Å². The average Bonchev–Trinajstić information content (AvgIpc) is 2.85. The van der Waals surface area contributed by atoms with Crippen LogP contribution in [0.15, 0.2) is 66.7 Å². The van der Waals surface area contributed by atoms with Gasteiger partial charge in [-0.3, -0.25) is 4.79 Å². The molecule has 34 heavy (non-hydrogen) atoms. The van der Waals surface area contributed by atoms with Crippen LogP contribution >= 0.6 is 0 Å². The first-order valence-corrected chi connectivity index (χ1v) is 11.7. The van der Waals surface area contributed by atoms with Crippen molar-refractivity contribution in [3.05, 3.63) is 94.8 Å². The van der Waals surface area contributed by atoms with Crippen molar-refractivity contribution in [3.8, 4) is 11.3 Å². The summed E-state index contributed by atoms with van der Waals surface area (Å²) in [6.45, 7) is 8.44. The first-order valence-electron chi connectivity index (χ1n) is 11.7. The third kappa shape index (κ3) is 4.14. The molecule has 1 amide bonds. The molecular weight excluding hydrogens is 425 g/mol. The molecule has 1 saturated heterocycles. The maximum absolute atomic E-state index is 14.2. The molecule has 2 heterocycles. The molecule has 172 valence electrons. The van der Waals surface area contributed by atoms with Crippen LogP contribution in [0.1, 0.15) is 27.0 Å². The van der Waals surface area contributed by atoms with E-state index in [-0.39, 0.29) is 11.7 Å². The molecule has 3 aromatic carbocycles. The van der Waals surface area contributed by atoms with Gasteiger partial charge in [0.05, 0.1) is 22.5 Å². The fourth-order valence-corrected chi connectivity index (χ4v) is 4.70. The number of aromatic nitrogens is 1. The van der Waals surface area contributed by atoms with E-state index in [1.165, 1.54) is 6.07 Å². The van der Waals surface area contributed by atoms with E-state index in [4.69, 9.17) is 4.98 Å². The number of anilines is 1. The van der Waals surface area contributed by atoms with Gasteiger partial charge in [-0.2, -0.15) is 0 Å². The summed E-state index contributed by atoms with van der Waals surface area (Å²) in [5, 5.41) is 0.871. The Morgan fingerprint density at radius 2 is 1.56 bits per heavy atom. The van der Waals surface area contributed by atoms with E-state index in [2.05, 4.69) is 32.0 Å². The highest BCUT2D eigenvalue weighted by atomic mass is 19.1. The average molecular weight is 454 g/mol. The molecule has 0 aliphatic carbocycles. The second-order valence-electron chi connectivity index (χ2n) is 9.12. The molecule has 1 aliphatic heterocycles. The van der Waals surface area contributed by atoms with Gasteiger partial charge in [0.2, 0.25) is 0 Å². The monoisotopic (exact) mass is 453 g/mol. The number of hydrogen-bond donors (Lipinski definition) is 0. The predicted molar refractivity (Wildman–Crippen MR) is 136 cm³/mol. The number of halogens is 1. The van der Waals surface area contributed by atoms with E-state index in [9.17, 15) is 9.18 Å². The Morgan fingerprint density at radius 1 is 0.853 bits per heavy atom. The lowest BCUT2D eigenvalue weighted by molar-refractivity contribution is 0.0748. The summed E-state index contributed by atoms with van der Waals surface area (Å²) in [5.74, 6) is -0.228. The molecule has 0 N–H and O–H groups in total. The Balaban J connectivity index is 1.50. The van der Waals surface area contributed by atoms with Gasteiger partial charge in [0.15, 0.2) is 0 Å². The molecule has 4 nitrogen and oxygen atoms in total. The predicted octanol–water partition coefficient (Wildman–Crippen LogP) is 5.93. The molecule has 1 fully saturated rings. The molecule has 0 radical (unpaired) electrons. The summed E-state index contributed by atoms with van der Waals surface area (Å²) < 4.78 is 14.2. The number of pyridine rings is 1. The van der Waals surface area contributed by atoms with E-state index in [0.29, 0.717) is 37.4 Å². The number of rotatable bonds is 3. The molecule has 4 aromatic rings. The normalized spacial score (nSPS) is 14.0. The van der Waals surface area contributed by atoms with Crippen molar-refractivity contribution in [1.82, 2.24) is 9.88 Å². The van der Waals surface area contributed by atoms with Crippen LogP contribution in [0.2, 0.25) is 0 Å². The van der Waals surface area contributed by atoms with Crippen molar-refractivity contribution in [1.29, 1.82) is 0 Å². The maximum Gasteiger partial charge on any atom is 0.254 e. The third-order valence-electron chi connectivity index (χ3n) is 6.62. The maximum atomic E-state index is 14.2. The van der Waals surface area contributed by atoms with Gasteiger partial charge in [0.1, 0.15) is 5.82 Å². The van der Waals surface area contributed by atoms with Gasteiger partial charge in [-0.1, -0.05) is 41.5 Å². The highest BCUT2D eigenvalue weighted by molar-refractivity contribution is 6.07. The fraction of sp³-hybridized carbons (Fsp3) is 0.241. The van der Waals surface area contributed by atoms with Crippen LogP contribution in [-0.2, 0) is 0 Å². The topological polar surface area (TPSA) is 36.4 Å². The van der Waals surface area contributed by atoms with Gasteiger partial charge in [-0.25, -0.2) is 9.37 Å². The zero-order valence-corrected chi connectivity index (χ0v) is 19.8. The molecular formula is C29H28FN3O. The number of piperazine rings is 1. The zero-order valence-electron chi connectivity index (χ0n) is 19.8. The molecule has 0 atom stereocenters. The van der Waals surface area contributed by atoms with Crippen molar-refractivity contribution in [3.63, 3.8) is 0 Å². The number of para-hydroxylation sites is 1. The van der Waals surface area contributed by atoms with Gasteiger partial charge in [0.25, 0.3) is 5.91 Å². The molecule has 5 rings (SSSR count). The van der Waals surface area contributed by atoms with Crippen LogP contribution in [0, 0.1) is 26.6 Å². The summed E-state index contributed by atoms with van der Waals surface area (Å²) in [5.41, 5.74) is 7.31. The molecule has 0 saturated carbocycles. The van der Waals surface area contributed by atoms with Crippen LogP contribution in [-0.4, -0.2) is 42.0 Å². The Bertz CT molecular complexity index is 1390. The fourth-order valence-electron chi connectivity index (χ4n) is 4.70. The Labute approximate surface area is 199 Å². The minimum Gasteiger partial charge on any atom is -0.366 e. The van der Waals surface area contributed by atoms with E-state index in [1.54, 1.807) is 12.1 Å². The summed E-state index contributed by atoms with van der Waals surface area (Å²) in [6, 6.07) is 21.1. The second kappa shape index (κ2) is 8.90. The van der Waals surface area contributed by atoms with Crippen molar-refractivity contribution in [2.45, 2.75) is 20.8 Å². The smallest absolute Gasteiger partial charge is 0.254 e. The Hall–Kier alpha value is -3.73. The number of carbonyl (C=O) groups is 1. The lowest BCUT2D eigenvalue weighted by Crippen LogP contribution is -2.49. The number of nitrogens with zero attached hydrogens (tertiary/aromatic N) is 3. The molecule has 0 bridgehead atoms. The number of fused-ring (bicyclic) bond motifs is 1. The first kappa shape index (κ1) is 22.1. The number of amides is 1. The molecule has 0 unspecified atom stereocenters. The van der Waals surface area contributed by atoms with E-state index in [0.717, 1.165) is 38.9 Å². The summed E-state index contributed by atoms with van der Waals surface area (Å²) in [6.07, 6.45) is 0. The van der Waals surface area contributed by atoms with E-state index in [1.807, 2.05) is 47.1 Å². The van der Waals surface area contributed by atoms with E-state index >= 15 is 0 Å². The molecule has 1 aromatic heterocycles. The summed E-state index contributed by atoms with van der Waals surface area (Å²) in [7, 11) is 0. The molecule has 5 heteroatoms. The number of carbonyl (C=O) groups excluding carboxylic acids is 1. The summed E-state index contributed by atoms with van der Waals surface area (Å²) >= 11 is 0. The molecule has 0 spiro atoms. The van der Waals surface area contributed by atoms with Gasteiger partial charge >= 0.3 is 0 Å². The van der Waals surface area contributed by atoms with Gasteiger partial charge in [-0.15, -0.1) is 0 Å². The highest BCUT2D eigenvalue weighted by Crippen LogP contribution is 2.30. The quantitative estimate of drug-likeness (QED) is 0.386. The van der Waals surface area contributed by atoms with Crippen LogP contribution in [0.4, 0.5) is 10.1 Å². The SMILES string of the molecule is Cc1ccc(C)c(-c2cc(C(=O)N3CCN(c4ccccc4F)CC3)c3cc(C)ccc3n2)c1. The summed E-state index contributed by atoms with van der Waals surface area (Å²) in [4.78, 5) is 22.6. The number of hydrogen-bond acceptors (Lipinski definition) is 3. The standard InChI is InChI=1S/C29H28FN3O/c1-19-8-10-21(3)22(16-19)27-18-24(23-17-20(2)9-11-26(23)31-27)29(34)33-14-12-32(13-15-33)28-7-5-4-6-25(28)30/h4-11,16-18H,12-15H2,1-3H3. The zero-order chi connectivity index (χ0) is 23.8. The lowest BCUT2D eigenvalue weighted by Gasteiger charge is -2.36.